The van der Waals surface area contributed by atoms with Crippen molar-refractivity contribution < 1.29 is 4.79 Å². The van der Waals surface area contributed by atoms with Crippen LogP contribution in [0, 0.1) is 13.8 Å². The number of nitrogens with zero attached hydrogens (tertiary/aromatic N) is 4. The number of ketones is 1. The first-order chi connectivity index (χ1) is 9.55. The van der Waals surface area contributed by atoms with E-state index in [0.29, 0.717) is 18.4 Å². The summed E-state index contributed by atoms with van der Waals surface area (Å²) in [5, 5.41) is 12.5. The lowest BCUT2D eigenvalue weighted by Gasteiger charge is -2.07. The number of aromatic nitrogens is 4. The van der Waals surface area contributed by atoms with E-state index >= 15 is 0 Å². The van der Waals surface area contributed by atoms with Crippen molar-refractivity contribution in [1.82, 2.24) is 20.0 Å². The Kier molecular flexibility index (Phi) is 4.27. The molecule has 0 aliphatic heterocycles. The molecule has 0 N–H and O–H groups in total. The molecule has 0 aliphatic rings. The van der Waals surface area contributed by atoms with Crippen LogP contribution in [0.4, 0.5) is 0 Å². The van der Waals surface area contributed by atoms with Crippen LogP contribution in [0.2, 0.25) is 0 Å². The smallest absolute Gasteiger partial charge is 0.170 e. The first-order valence-electron chi connectivity index (χ1n) is 6.94. The molecule has 5 heteroatoms. The van der Waals surface area contributed by atoms with Crippen LogP contribution in [-0.4, -0.2) is 25.8 Å². The number of carbonyl (C=O) groups excluding carboxylic acids is 1. The van der Waals surface area contributed by atoms with Gasteiger partial charge in [0.25, 0.3) is 0 Å². The van der Waals surface area contributed by atoms with Crippen LogP contribution in [0.1, 0.15) is 47.0 Å². The first kappa shape index (κ1) is 14.4. The zero-order valence-electron chi connectivity index (χ0n) is 12.5. The molecule has 2 aromatic heterocycles. The summed E-state index contributed by atoms with van der Waals surface area (Å²) in [5.41, 5.74) is 4.10. The first-order valence-corrected chi connectivity index (χ1v) is 6.94. The van der Waals surface area contributed by atoms with Crippen LogP contribution in [-0.2, 0) is 19.4 Å². The monoisotopic (exact) mass is 272 g/mol. The zero-order chi connectivity index (χ0) is 14.7. The second-order valence-corrected chi connectivity index (χ2v) is 4.89. The molecule has 0 fully saturated rings. The Morgan fingerprint density at radius 3 is 2.55 bits per heavy atom. The molecule has 2 heterocycles. The van der Waals surface area contributed by atoms with Gasteiger partial charge in [0.05, 0.1) is 23.5 Å². The molecule has 0 aliphatic carbocycles. The fraction of sp³-hybridized carbons (Fsp3) is 0.467. The van der Waals surface area contributed by atoms with E-state index in [1.54, 1.807) is 0 Å². The molecule has 0 saturated carbocycles. The molecular weight excluding hydrogens is 252 g/mol. The SMILES string of the molecule is CCc1nnc(C)cc1C(=O)Cc1cc(C)nn1CC. The Hall–Kier alpha value is -2.04. The van der Waals surface area contributed by atoms with E-state index < -0.39 is 0 Å². The third-order valence-electron chi connectivity index (χ3n) is 3.25. The fourth-order valence-electron chi connectivity index (χ4n) is 2.29. The van der Waals surface area contributed by atoms with Crippen molar-refractivity contribution in [3.05, 3.63) is 40.5 Å². The van der Waals surface area contributed by atoms with Crippen LogP contribution >= 0.6 is 0 Å². The second kappa shape index (κ2) is 5.94. The van der Waals surface area contributed by atoms with Crippen LogP contribution in [0.25, 0.3) is 0 Å². The number of carbonyl (C=O) groups is 1. The molecule has 0 amide bonds. The minimum atomic E-state index is 0.0782. The van der Waals surface area contributed by atoms with Gasteiger partial charge in [0, 0.05) is 17.8 Å². The maximum atomic E-state index is 12.5. The topological polar surface area (TPSA) is 60.7 Å². The van der Waals surface area contributed by atoms with Crippen molar-refractivity contribution in [1.29, 1.82) is 0 Å². The van der Waals surface area contributed by atoms with E-state index in [9.17, 15) is 4.79 Å². The summed E-state index contributed by atoms with van der Waals surface area (Å²) < 4.78 is 1.88. The molecule has 2 aromatic rings. The van der Waals surface area contributed by atoms with Gasteiger partial charge < -0.3 is 0 Å². The lowest BCUT2D eigenvalue weighted by Crippen LogP contribution is -2.13. The summed E-state index contributed by atoms with van der Waals surface area (Å²) in [6, 6.07) is 3.79. The van der Waals surface area contributed by atoms with Gasteiger partial charge in [0.2, 0.25) is 0 Å². The predicted octanol–water partition coefficient (Wildman–Crippen LogP) is 2.30. The van der Waals surface area contributed by atoms with E-state index in [2.05, 4.69) is 15.3 Å². The molecule has 2 rings (SSSR count). The highest BCUT2D eigenvalue weighted by atomic mass is 16.1. The van der Waals surface area contributed by atoms with Gasteiger partial charge in [-0.1, -0.05) is 6.92 Å². The van der Waals surface area contributed by atoms with Gasteiger partial charge in [-0.3, -0.25) is 9.48 Å². The van der Waals surface area contributed by atoms with Gasteiger partial charge >= 0.3 is 0 Å². The second-order valence-electron chi connectivity index (χ2n) is 4.89. The van der Waals surface area contributed by atoms with Crippen molar-refractivity contribution in [2.24, 2.45) is 0 Å². The largest absolute Gasteiger partial charge is 0.294 e. The molecule has 0 saturated heterocycles. The third-order valence-corrected chi connectivity index (χ3v) is 3.25. The lowest BCUT2D eigenvalue weighted by atomic mass is 10.0. The molecule has 0 spiro atoms. The number of Topliss-reactive ketones (excluding diaryl/α,β-unsaturated/α-hetero) is 1. The van der Waals surface area contributed by atoms with E-state index in [1.807, 2.05) is 44.5 Å². The van der Waals surface area contributed by atoms with Gasteiger partial charge in [-0.05, 0) is 39.3 Å². The third kappa shape index (κ3) is 2.92. The van der Waals surface area contributed by atoms with Crippen LogP contribution < -0.4 is 0 Å². The molecule has 0 atom stereocenters. The summed E-state index contributed by atoms with van der Waals surface area (Å²) in [6.07, 6.45) is 1.06. The van der Waals surface area contributed by atoms with Gasteiger partial charge in [-0.25, -0.2) is 0 Å². The Bertz CT molecular complexity index is 631. The molecule has 5 nitrogen and oxygen atoms in total. The average Bonchev–Trinajstić information content (AvgIpc) is 2.78. The summed E-state index contributed by atoms with van der Waals surface area (Å²) in [5.74, 6) is 0.0782. The summed E-state index contributed by atoms with van der Waals surface area (Å²) in [7, 11) is 0. The standard InChI is InChI=1S/C15H20N4O/c1-5-14-13(8-10(3)16-17-14)15(20)9-12-7-11(4)18-19(12)6-2/h7-8H,5-6,9H2,1-4H3. The highest BCUT2D eigenvalue weighted by Gasteiger charge is 2.16. The van der Waals surface area contributed by atoms with Gasteiger partial charge in [-0.2, -0.15) is 15.3 Å². The number of aryl methyl sites for hydroxylation is 4. The molecular formula is C15H20N4O. The Morgan fingerprint density at radius 1 is 1.15 bits per heavy atom. The number of rotatable bonds is 5. The fourth-order valence-corrected chi connectivity index (χ4v) is 2.29. The Morgan fingerprint density at radius 2 is 1.90 bits per heavy atom. The molecule has 0 radical (unpaired) electrons. The highest BCUT2D eigenvalue weighted by Crippen LogP contribution is 2.13. The zero-order valence-corrected chi connectivity index (χ0v) is 12.5. The minimum absolute atomic E-state index is 0.0782. The predicted molar refractivity (Wildman–Crippen MR) is 76.8 cm³/mol. The maximum absolute atomic E-state index is 12.5. The molecule has 20 heavy (non-hydrogen) atoms. The van der Waals surface area contributed by atoms with Gasteiger partial charge in [-0.15, -0.1) is 0 Å². The van der Waals surface area contributed by atoms with Crippen molar-refractivity contribution in [2.45, 2.75) is 47.1 Å². The Balaban J connectivity index is 2.30. The molecule has 0 unspecified atom stereocenters. The quantitative estimate of drug-likeness (QED) is 0.784. The van der Waals surface area contributed by atoms with E-state index in [-0.39, 0.29) is 5.78 Å². The van der Waals surface area contributed by atoms with Crippen molar-refractivity contribution in [2.75, 3.05) is 0 Å². The van der Waals surface area contributed by atoms with Crippen molar-refractivity contribution in [3.8, 4) is 0 Å². The normalized spacial score (nSPS) is 10.8. The van der Waals surface area contributed by atoms with Crippen LogP contribution in [0.5, 0.6) is 0 Å². The van der Waals surface area contributed by atoms with Crippen molar-refractivity contribution in [3.63, 3.8) is 0 Å². The maximum Gasteiger partial charge on any atom is 0.170 e. The number of hydrogen-bond donors (Lipinski definition) is 0. The Labute approximate surface area is 119 Å². The summed E-state index contributed by atoms with van der Waals surface area (Å²) >= 11 is 0. The van der Waals surface area contributed by atoms with Gasteiger partial charge in [0.1, 0.15) is 0 Å². The van der Waals surface area contributed by atoms with Crippen LogP contribution in [0.3, 0.4) is 0 Å². The van der Waals surface area contributed by atoms with Crippen LogP contribution in [0.15, 0.2) is 12.1 Å². The summed E-state index contributed by atoms with van der Waals surface area (Å²) in [4.78, 5) is 12.5. The highest BCUT2D eigenvalue weighted by molar-refractivity contribution is 5.98. The van der Waals surface area contributed by atoms with E-state index in [4.69, 9.17) is 0 Å². The lowest BCUT2D eigenvalue weighted by molar-refractivity contribution is 0.0989. The molecule has 106 valence electrons. The number of hydrogen-bond acceptors (Lipinski definition) is 4. The van der Waals surface area contributed by atoms with E-state index in [0.717, 1.165) is 29.3 Å². The van der Waals surface area contributed by atoms with Crippen molar-refractivity contribution >= 4 is 5.78 Å². The average molecular weight is 272 g/mol. The molecule has 0 aromatic carbocycles. The summed E-state index contributed by atoms with van der Waals surface area (Å²) in [6.45, 7) is 8.57. The minimum Gasteiger partial charge on any atom is -0.294 e. The molecule has 0 bridgehead atoms. The van der Waals surface area contributed by atoms with E-state index in [1.165, 1.54) is 0 Å². The van der Waals surface area contributed by atoms with Gasteiger partial charge in [0.15, 0.2) is 5.78 Å².